The van der Waals surface area contributed by atoms with E-state index in [1.54, 1.807) is 6.07 Å². The Bertz CT molecular complexity index is 837. The van der Waals surface area contributed by atoms with Gasteiger partial charge in [-0.2, -0.15) is 0 Å². The van der Waals surface area contributed by atoms with Gasteiger partial charge in [0.25, 0.3) is 5.91 Å². The van der Waals surface area contributed by atoms with Crippen LogP contribution in [0.2, 0.25) is 0 Å². The third-order valence-electron chi connectivity index (χ3n) is 3.82. The number of carbonyl (C=O) groups is 2. The number of nitrogens with one attached hydrogen (secondary N) is 1. The molecule has 156 valence electrons. The van der Waals surface area contributed by atoms with Crippen LogP contribution in [-0.4, -0.2) is 31.5 Å². The predicted octanol–water partition coefficient (Wildman–Crippen LogP) is 4.10. The van der Waals surface area contributed by atoms with Gasteiger partial charge < -0.3 is 19.5 Å². The van der Waals surface area contributed by atoms with Crippen LogP contribution in [0.25, 0.3) is 0 Å². The van der Waals surface area contributed by atoms with Gasteiger partial charge in [0.2, 0.25) is 0 Å². The molecule has 2 aromatic rings. The van der Waals surface area contributed by atoms with Gasteiger partial charge in [-0.1, -0.05) is 18.2 Å². The summed E-state index contributed by atoms with van der Waals surface area (Å²) in [7, 11) is 1.53. The molecular weight excluding hydrogens is 391 g/mol. The number of halogens is 3. The SMILES string of the molecule is COc1ccccc1CCC(=O)O[C@H](C)C(=O)Nc1ccc(OC(F)(F)F)cc1. The second-order valence-electron chi connectivity index (χ2n) is 6.01. The molecule has 6 nitrogen and oxygen atoms in total. The fraction of sp³-hybridized carbons (Fsp3) is 0.300. The summed E-state index contributed by atoms with van der Waals surface area (Å²) in [6.07, 6.45) is -5.43. The first-order chi connectivity index (χ1) is 13.7. The van der Waals surface area contributed by atoms with Crippen molar-refractivity contribution < 1.29 is 37.0 Å². The molecule has 1 atom stereocenters. The minimum absolute atomic E-state index is 0.0570. The molecule has 0 radical (unpaired) electrons. The first kappa shape index (κ1) is 22.1. The van der Waals surface area contributed by atoms with Crippen molar-refractivity contribution in [1.82, 2.24) is 0 Å². The van der Waals surface area contributed by atoms with Crippen LogP contribution < -0.4 is 14.8 Å². The molecule has 0 fully saturated rings. The van der Waals surface area contributed by atoms with E-state index in [0.717, 1.165) is 17.7 Å². The van der Waals surface area contributed by atoms with Crippen LogP contribution in [0.5, 0.6) is 11.5 Å². The summed E-state index contributed by atoms with van der Waals surface area (Å²) in [4.78, 5) is 24.1. The number of carbonyl (C=O) groups excluding carboxylic acids is 2. The maximum atomic E-state index is 12.1. The number of aryl methyl sites for hydroxylation is 1. The Balaban J connectivity index is 1.83. The molecule has 0 saturated heterocycles. The second kappa shape index (κ2) is 9.81. The summed E-state index contributed by atoms with van der Waals surface area (Å²) in [5.41, 5.74) is 1.08. The molecule has 0 unspecified atom stereocenters. The molecule has 0 aliphatic rings. The van der Waals surface area contributed by atoms with E-state index in [1.807, 2.05) is 18.2 Å². The number of amides is 1. The summed E-state index contributed by atoms with van der Waals surface area (Å²) in [5, 5.41) is 2.46. The maximum Gasteiger partial charge on any atom is 0.573 e. The van der Waals surface area contributed by atoms with E-state index in [9.17, 15) is 22.8 Å². The topological polar surface area (TPSA) is 73.9 Å². The van der Waals surface area contributed by atoms with Crippen LogP contribution in [-0.2, 0) is 20.7 Å². The molecule has 0 aliphatic heterocycles. The third-order valence-corrected chi connectivity index (χ3v) is 3.82. The van der Waals surface area contributed by atoms with Crippen LogP contribution in [0.4, 0.5) is 18.9 Å². The highest BCUT2D eigenvalue weighted by Crippen LogP contribution is 2.24. The Kier molecular flexibility index (Phi) is 7.46. The molecule has 0 saturated carbocycles. The van der Waals surface area contributed by atoms with Gasteiger partial charge in [0.1, 0.15) is 11.5 Å². The van der Waals surface area contributed by atoms with Crippen molar-refractivity contribution >= 4 is 17.6 Å². The van der Waals surface area contributed by atoms with Crippen molar-refractivity contribution in [2.24, 2.45) is 0 Å². The zero-order valence-corrected chi connectivity index (χ0v) is 15.8. The molecule has 0 aromatic heterocycles. The quantitative estimate of drug-likeness (QED) is 0.662. The summed E-state index contributed by atoms with van der Waals surface area (Å²) >= 11 is 0. The fourth-order valence-corrected chi connectivity index (χ4v) is 2.44. The van der Waals surface area contributed by atoms with E-state index < -0.39 is 30.1 Å². The number of benzene rings is 2. The van der Waals surface area contributed by atoms with Crippen molar-refractivity contribution in [2.75, 3.05) is 12.4 Å². The number of alkyl halides is 3. The minimum atomic E-state index is -4.79. The van der Waals surface area contributed by atoms with Gasteiger partial charge in [-0.3, -0.25) is 9.59 Å². The average molecular weight is 411 g/mol. The molecule has 0 spiro atoms. The van der Waals surface area contributed by atoms with Gasteiger partial charge in [-0.25, -0.2) is 0 Å². The van der Waals surface area contributed by atoms with Crippen molar-refractivity contribution in [2.45, 2.75) is 32.2 Å². The lowest BCUT2D eigenvalue weighted by Gasteiger charge is -2.14. The number of anilines is 1. The highest BCUT2D eigenvalue weighted by atomic mass is 19.4. The largest absolute Gasteiger partial charge is 0.573 e. The zero-order valence-electron chi connectivity index (χ0n) is 15.8. The predicted molar refractivity (Wildman–Crippen MR) is 98.6 cm³/mol. The van der Waals surface area contributed by atoms with Gasteiger partial charge >= 0.3 is 12.3 Å². The van der Waals surface area contributed by atoms with E-state index in [-0.39, 0.29) is 12.1 Å². The van der Waals surface area contributed by atoms with Crippen molar-refractivity contribution in [3.63, 3.8) is 0 Å². The lowest BCUT2D eigenvalue weighted by atomic mass is 10.1. The molecule has 2 rings (SSSR count). The second-order valence-corrected chi connectivity index (χ2v) is 6.01. The number of hydrogen-bond acceptors (Lipinski definition) is 5. The molecule has 1 amide bonds. The van der Waals surface area contributed by atoms with Crippen LogP contribution in [0.1, 0.15) is 18.9 Å². The first-order valence-corrected chi connectivity index (χ1v) is 8.66. The number of methoxy groups -OCH3 is 1. The fourth-order valence-electron chi connectivity index (χ4n) is 2.44. The zero-order chi connectivity index (χ0) is 21.4. The molecule has 2 aromatic carbocycles. The first-order valence-electron chi connectivity index (χ1n) is 8.66. The molecule has 1 N–H and O–H groups in total. The van der Waals surface area contributed by atoms with Gasteiger partial charge in [0.15, 0.2) is 6.10 Å². The van der Waals surface area contributed by atoms with E-state index >= 15 is 0 Å². The van der Waals surface area contributed by atoms with Gasteiger partial charge in [0.05, 0.1) is 7.11 Å². The number of rotatable bonds is 8. The standard InChI is InChI=1S/C20H20F3NO5/c1-13(28-18(25)12-7-14-5-3-4-6-17(14)27-2)19(26)24-15-8-10-16(11-9-15)29-20(21,22)23/h3-6,8-11,13H,7,12H2,1-2H3,(H,24,26)/t13-/m1/s1. The molecule has 0 bridgehead atoms. The van der Waals surface area contributed by atoms with E-state index in [4.69, 9.17) is 9.47 Å². The van der Waals surface area contributed by atoms with Gasteiger partial charge in [-0.15, -0.1) is 13.2 Å². The summed E-state index contributed by atoms with van der Waals surface area (Å²) in [6.45, 7) is 1.40. The van der Waals surface area contributed by atoms with Crippen molar-refractivity contribution in [1.29, 1.82) is 0 Å². The Hall–Kier alpha value is -3.23. The molecule has 29 heavy (non-hydrogen) atoms. The Morgan fingerprint density at radius 1 is 1.07 bits per heavy atom. The van der Waals surface area contributed by atoms with E-state index in [1.165, 1.54) is 26.2 Å². The number of ether oxygens (including phenoxy) is 3. The van der Waals surface area contributed by atoms with Crippen molar-refractivity contribution in [3.05, 3.63) is 54.1 Å². The number of hydrogen-bond donors (Lipinski definition) is 1. The molecule has 0 aliphatic carbocycles. The van der Waals surface area contributed by atoms with Crippen LogP contribution in [0, 0.1) is 0 Å². The molecular formula is C20H20F3NO5. The Morgan fingerprint density at radius 2 is 1.72 bits per heavy atom. The van der Waals surface area contributed by atoms with Crippen LogP contribution in [0.3, 0.4) is 0 Å². The Morgan fingerprint density at radius 3 is 2.34 bits per heavy atom. The lowest BCUT2D eigenvalue weighted by molar-refractivity contribution is -0.274. The average Bonchev–Trinajstić information content (AvgIpc) is 2.66. The minimum Gasteiger partial charge on any atom is -0.496 e. The number of para-hydroxylation sites is 1. The third kappa shape index (κ3) is 7.36. The molecule has 0 heterocycles. The lowest BCUT2D eigenvalue weighted by Crippen LogP contribution is -2.30. The normalized spacial score (nSPS) is 12.0. The van der Waals surface area contributed by atoms with Gasteiger partial charge in [-0.05, 0) is 49.2 Å². The maximum absolute atomic E-state index is 12.1. The van der Waals surface area contributed by atoms with Crippen LogP contribution >= 0.6 is 0 Å². The smallest absolute Gasteiger partial charge is 0.496 e. The monoisotopic (exact) mass is 411 g/mol. The van der Waals surface area contributed by atoms with Crippen molar-refractivity contribution in [3.8, 4) is 11.5 Å². The summed E-state index contributed by atoms with van der Waals surface area (Å²) in [6, 6.07) is 11.9. The summed E-state index contributed by atoms with van der Waals surface area (Å²) < 4.78 is 50.5. The van der Waals surface area contributed by atoms with E-state index in [0.29, 0.717) is 12.2 Å². The van der Waals surface area contributed by atoms with E-state index in [2.05, 4.69) is 10.1 Å². The summed E-state index contributed by atoms with van der Waals surface area (Å²) in [5.74, 6) is -0.928. The Labute approximate surface area is 165 Å². The highest BCUT2D eigenvalue weighted by molar-refractivity contribution is 5.95. The van der Waals surface area contributed by atoms with Gasteiger partial charge in [0, 0.05) is 12.1 Å². The highest BCUT2D eigenvalue weighted by Gasteiger charge is 2.31. The molecule has 9 heteroatoms. The van der Waals surface area contributed by atoms with Crippen LogP contribution in [0.15, 0.2) is 48.5 Å². The number of esters is 1.